The van der Waals surface area contributed by atoms with E-state index < -0.39 is 0 Å². The third-order valence-corrected chi connectivity index (χ3v) is 5.24. The standard InChI is InChI=1S/C14H30N2S/c1-5-8-15-9-6-7-12(2)16-10-11-17-14(4)13(16)3/h12-15H,5-11H2,1-4H3. The molecule has 0 amide bonds. The van der Waals surface area contributed by atoms with Crippen LogP contribution in [-0.4, -0.2) is 47.6 Å². The molecule has 3 atom stereocenters. The van der Waals surface area contributed by atoms with Gasteiger partial charge in [-0.05, 0) is 46.2 Å². The van der Waals surface area contributed by atoms with E-state index in [0.29, 0.717) is 0 Å². The first-order chi connectivity index (χ1) is 8.16. The Morgan fingerprint density at radius 2 is 2.12 bits per heavy atom. The van der Waals surface area contributed by atoms with Crippen LogP contribution in [0.15, 0.2) is 0 Å². The number of nitrogens with zero attached hydrogens (tertiary/aromatic N) is 1. The maximum atomic E-state index is 3.49. The second-order valence-electron chi connectivity index (χ2n) is 5.30. The lowest BCUT2D eigenvalue weighted by Gasteiger charge is -2.41. The molecule has 0 saturated carbocycles. The molecule has 1 saturated heterocycles. The lowest BCUT2D eigenvalue weighted by molar-refractivity contribution is 0.148. The van der Waals surface area contributed by atoms with Gasteiger partial charge in [-0.3, -0.25) is 4.90 Å². The Morgan fingerprint density at radius 3 is 2.82 bits per heavy atom. The Balaban J connectivity index is 2.19. The molecular formula is C14H30N2S. The van der Waals surface area contributed by atoms with Crippen LogP contribution in [0.2, 0.25) is 0 Å². The summed E-state index contributed by atoms with van der Waals surface area (Å²) in [4.78, 5) is 2.71. The number of hydrogen-bond donors (Lipinski definition) is 1. The lowest BCUT2D eigenvalue weighted by Crippen LogP contribution is -2.49. The minimum absolute atomic E-state index is 0.743. The molecule has 17 heavy (non-hydrogen) atoms. The fourth-order valence-electron chi connectivity index (χ4n) is 2.57. The van der Waals surface area contributed by atoms with E-state index in [0.717, 1.165) is 17.3 Å². The Morgan fingerprint density at radius 1 is 1.35 bits per heavy atom. The molecule has 1 fully saturated rings. The molecule has 1 rings (SSSR count). The molecule has 1 aliphatic heterocycles. The second-order valence-corrected chi connectivity index (χ2v) is 6.78. The first-order valence-electron chi connectivity index (χ1n) is 7.24. The quantitative estimate of drug-likeness (QED) is 0.707. The van der Waals surface area contributed by atoms with Crippen molar-refractivity contribution < 1.29 is 0 Å². The van der Waals surface area contributed by atoms with Crippen LogP contribution in [0.25, 0.3) is 0 Å². The molecule has 0 radical (unpaired) electrons. The largest absolute Gasteiger partial charge is 0.317 e. The minimum atomic E-state index is 0.743. The zero-order valence-corrected chi connectivity index (χ0v) is 12.9. The summed E-state index contributed by atoms with van der Waals surface area (Å²) in [6.45, 7) is 13.0. The van der Waals surface area contributed by atoms with Gasteiger partial charge in [-0.1, -0.05) is 13.8 Å². The van der Waals surface area contributed by atoms with Crippen molar-refractivity contribution in [3.63, 3.8) is 0 Å². The molecule has 0 bridgehead atoms. The first-order valence-corrected chi connectivity index (χ1v) is 8.29. The van der Waals surface area contributed by atoms with E-state index in [1.165, 1.54) is 44.6 Å². The average Bonchev–Trinajstić information content (AvgIpc) is 2.32. The third-order valence-electron chi connectivity index (χ3n) is 3.90. The van der Waals surface area contributed by atoms with Gasteiger partial charge in [0, 0.05) is 29.6 Å². The van der Waals surface area contributed by atoms with Gasteiger partial charge in [0.1, 0.15) is 0 Å². The van der Waals surface area contributed by atoms with Gasteiger partial charge in [0.05, 0.1) is 0 Å². The summed E-state index contributed by atoms with van der Waals surface area (Å²) in [6.07, 6.45) is 3.89. The summed E-state index contributed by atoms with van der Waals surface area (Å²) in [5.41, 5.74) is 0. The zero-order chi connectivity index (χ0) is 12.7. The zero-order valence-electron chi connectivity index (χ0n) is 12.0. The summed E-state index contributed by atoms with van der Waals surface area (Å²) >= 11 is 2.13. The van der Waals surface area contributed by atoms with E-state index in [-0.39, 0.29) is 0 Å². The molecule has 3 unspecified atom stereocenters. The van der Waals surface area contributed by atoms with E-state index in [2.05, 4.69) is 49.7 Å². The van der Waals surface area contributed by atoms with Gasteiger partial charge in [0.2, 0.25) is 0 Å². The van der Waals surface area contributed by atoms with E-state index in [4.69, 9.17) is 0 Å². The molecule has 0 spiro atoms. The first kappa shape index (κ1) is 15.3. The smallest absolute Gasteiger partial charge is 0.0186 e. The van der Waals surface area contributed by atoms with Gasteiger partial charge in [-0.2, -0.15) is 11.8 Å². The Bertz CT molecular complexity index is 199. The second kappa shape index (κ2) is 8.39. The molecule has 102 valence electrons. The van der Waals surface area contributed by atoms with Crippen LogP contribution in [0.4, 0.5) is 0 Å². The molecule has 3 heteroatoms. The minimum Gasteiger partial charge on any atom is -0.317 e. The van der Waals surface area contributed by atoms with E-state index in [9.17, 15) is 0 Å². The monoisotopic (exact) mass is 258 g/mol. The van der Waals surface area contributed by atoms with E-state index in [1.807, 2.05) is 0 Å². The highest BCUT2D eigenvalue weighted by Gasteiger charge is 2.27. The van der Waals surface area contributed by atoms with Crippen molar-refractivity contribution in [3.05, 3.63) is 0 Å². The Labute approximate surface area is 112 Å². The maximum Gasteiger partial charge on any atom is 0.0186 e. The normalized spacial score (nSPS) is 28.2. The van der Waals surface area contributed by atoms with Crippen LogP contribution < -0.4 is 5.32 Å². The Hall–Kier alpha value is 0.270. The predicted molar refractivity (Wildman–Crippen MR) is 79.9 cm³/mol. The van der Waals surface area contributed by atoms with Crippen LogP contribution >= 0.6 is 11.8 Å². The van der Waals surface area contributed by atoms with Crippen molar-refractivity contribution >= 4 is 11.8 Å². The highest BCUT2D eigenvalue weighted by Crippen LogP contribution is 2.26. The average molecular weight is 258 g/mol. The lowest BCUT2D eigenvalue weighted by atomic mass is 10.1. The summed E-state index contributed by atoms with van der Waals surface area (Å²) in [7, 11) is 0. The SMILES string of the molecule is CCCNCCCC(C)N1CCSC(C)C1C. The number of hydrogen-bond acceptors (Lipinski definition) is 3. The number of nitrogens with one attached hydrogen (secondary N) is 1. The van der Waals surface area contributed by atoms with Gasteiger partial charge in [-0.25, -0.2) is 0 Å². The van der Waals surface area contributed by atoms with Crippen LogP contribution in [0.1, 0.15) is 47.0 Å². The van der Waals surface area contributed by atoms with E-state index in [1.54, 1.807) is 0 Å². The van der Waals surface area contributed by atoms with Gasteiger partial charge >= 0.3 is 0 Å². The molecule has 1 N–H and O–H groups in total. The molecule has 0 aliphatic carbocycles. The van der Waals surface area contributed by atoms with Crippen molar-refractivity contribution in [2.45, 2.75) is 64.3 Å². The molecule has 0 aromatic heterocycles. The third kappa shape index (κ3) is 5.19. The van der Waals surface area contributed by atoms with Crippen molar-refractivity contribution in [2.24, 2.45) is 0 Å². The van der Waals surface area contributed by atoms with Gasteiger partial charge in [-0.15, -0.1) is 0 Å². The van der Waals surface area contributed by atoms with Crippen molar-refractivity contribution in [1.82, 2.24) is 10.2 Å². The van der Waals surface area contributed by atoms with Gasteiger partial charge in [0.25, 0.3) is 0 Å². The van der Waals surface area contributed by atoms with Crippen molar-refractivity contribution in [2.75, 3.05) is 25.4 Å². The summed E-state index contributed by atoms with van der Waals surface area (Å²) < 4.78 is 0. The van der Waals surface area contributed by atoms with Crippen molar-refractivity contribution in [1.29, 1.82) is 0 Å². The maximum absolute atomic E-state index is 3.49. The highest BCUT2D eigenvalue weighted by atomic mass is 32.2. The summed E-state index contributed by atoms with van der Waals surface area (Å²) in [5.74, 6) is 1.31. The fourth-order valence-corrected chi connectivity index (χ4v) is 3.69. The number of thioether (sulfide) groups is 1. The highest BCUT2D eigenvalue weighted by molar-refractivity contribution is 8.00. The summed E-state index contributed by atoms with van der Waals surface area (Å²) in [5, 5.41) is 4.29. The molecule has 1 aliphatic rings. The van der Waals surface area contributed by atoms with Crippen LogP contribution in [0.3, 0.4) is 0 Å². The summed E-state index contributed by atoms with van der Waals surface area (Å²) in [6, 6.07) is 1.49. The van der Waals surface area contributed by atoms with Crippen LogP contribution in [0, 0.1) is 0 Å². The molecule has 2 nitrogen and oxygen atoms in total. The fraction of sp³-hybridized carbons (Fsp3) is 1.00. The predicted octanol–water partition coefficient (Wildman–Crippen LogP) is 2.98. The van der Waals surface area contributed by atoms with Gasteiger partial charge < -0.3 is 5.32 Å². The van der Waals surface area contributed by atoms with Crippen LogP contribution in [0.5, 0.6) is 0 Å². The molecule has 1 heterocycles. The van der Waals surface area contributed by atoms with Gasteiger partial charge in [0.15, 0.2) is 0 Å². The molecule has 0 aromatic rings. The topological polar surface area (TPSA) is 15.3 Å². The molecule has 0 aromatic carbocycles. The van der Waals surface area contributed by atoms with E-state index >= 15 is 0 Å². The number of rotatable bonds is 7. The molecular weight excluding hydrogens is 228 g/mol. The van der Waals surface area contributed by atoms with Crippen LogP contribution in [-0.2, 0) is 0 Å². The van der Waals surface area contributed by atoms with Crippen molar-refractivity contribution in [3.8, 4) is 0 Å². The Kier molecular flexibility index (Phi) is 7.56.